The Morgan fingerprint density at radius 1 is 1.38 bits per heavy atom. The molecule has 1 unspecified atom stereocenters. The Bertz CT molecular complexity index is 291. The number of amides is 3. The summed E-state index contributed by atoms with van der Waals surface area (Å²) in [5, 5.41) is 5.43. The maximum absolute atomic E-state index is 11.9. The summed E-state index contributed by atoms with van der Waals surface area (Å²) in [6.07, 6.45) is 2.08. The van der Waals surface area contributed by atoms with Crippen molar-refractivity contribution in [2.75, 3.05) is 26.8 Å². The first-order chi connectivity index (χ1) is 7.72. The van der Waals surface area contributed by atoms with E-state index in [-0.39, 0.29) is 18.5 Å². The van der Waals surface area contributed by atoms with E-state index in [1.807, 2.05) is 0 Å². The van der Waals surface area contributed by atoms with Crippen molar-refractivity contribution < 1.29 is 14.3 Å². The van der Waals surface area contributed by atoms with Crippen molar-refractivity contribution in [2.45, 2.75) is 24.9 Å². The molecule has 0 radical (unpaired) electrons. The molecule has 2 rings (SSSR count). The summed E-state index contributed by atoms with van der Waals surface area (Å²) >= 11 is 0. The second kappa shape index (κ2) is 4.69. The number of hydrogen-bond acceptors (Lipinski definition) is 3. The SMILES string of the molecule is CNC(=O)C1COCCN1C(=O)NC1CC1. The van der Waals surface area contributed by atoms with Crippen molar-refractivity contribution >= 4 is 11.9 Å². The predicted octanol–water partition coefficient (Wildman–Crippen LogP) is -0.695. The van der Waals surface area contributed by atoms with Gasteiger partial charge in [0.2, 0.25) is 5.91 Å². The summed E-state index contributed by atoms with van der Waals surface area (Å²) in [5.41, 5.74) is 0. The molecule has 2 fully saturated rings. The van der Waals surface area contributed by atoms with Crippen molar-refractivity contribution in [1.29, 1.82) is 0 Å². The van der Waals surface area contributed by atoms with Gasteiger partial charge in [-0.15, -0.1) is 0 Å². The first-order valence-corrected chi connectivity index (χ1v) is 5.59. The van der Waals surface area contributed by atoms with Crippen molar-refractivity contribution in [3.05, 3.63) is 0 Å². The normalized spacial score (nSPS) is 25.1. The Labute approximate surface area is 94.3 Å². The summed E-state index contributed by atoms with van der Waals surface area (Å²) in [7, 11) is 1.56. The van der Waals surface area contributed by atoms with E-state index in [2.05, 4.69) is 10.6 Å². The smallest absolute Gasteiger partial charge is 0.318 e. The van der Waals surface area contributed by atoms with Crippen LogP contribution in [0.15, 0.2) is 0 Å². The number of nitrogens with one attached hydrogen (secondary N) is 2. The minimum atomic E-state index is -0.502. The van der Waals surface area contributed by atoms with E-state index >= 15 is 0 Å². The van der Waals surface area contributed by atoms with Gasteiger partial charge in [0.15, 0.2) is 0 Å². The number of hydrogen-bond donors (Lipinski definition) is 2. The van der Waals surface area contributed by atoms with Crippen molar-refractivity contribution in [3.8, 4) is 0 Å². The topological polar surface area (TPSA) is 70.7 Å². The van der Waals surface area contributed by atoms with E-state index in [9.17, 15) is 9.59 Å². The molecule has 0 aromatic rings. The van der Waals surface area contributed by atoms with Crippen molar-refractivity contribution in [1.82, 2.24) is 15.5 Å². The lowest BCUT2D eigenvalue weighted by molar-refractivity contribution is -0.129. The number of morpholine rings is 1. The van der Waals surface area contributed by atoms with Crippen molar-refractivity contribution in [2.24, 2.45) is 0 Å². The number of ether oxygens (including phenoxy) is 1. The molecule has 1 saturated carbocycles. The number of carbonyl (C=O) groups is 2. The number of nitrogens with zero attached hydrogens (tertiary/aromatic N) is 1. The summed E-state index contributed by atoms with van der Waals surface area (Å²) in [5.74, 6) is -0.175. The fraction of sp³-hybridized carbons (Fsp3) is 0.800. The number of rotatable bonds is 2. The predicted molar refractivity (Wildman–Crippen MR) is 56.9 cm³/mol. The van der Waals surface area contributed by atoms with Crippen LogP contribution in [0.3, 0.4) is 0 Å². The third kappa shape index (κ3) is 2.44. The van der Waals surface area contributed by atoms with Gasteiger partial charge >= 0.3 is 6.03 Å². The van der Waals surface area contributed by atoms with Crippen LogP contribution in [-0.2, 0) is 9.53 Å². The second-order valence-corrected chi connectivity index (χ2v) is 4.12. The van der Waals surface area contributed by atoms with Gasteiger partial charge in [-0.2, -0.15) is 0 Å². The van der Waals surface area contributed by atoms with Crippen LogP contribution in [0.2, 0.25) is 0 Å². The van der Waals surface area contributed by atoms with E-state index in [0.29, 0.717) is 19.2 Å². The van der Waals surface area contributed by atoms with Crippen LogP contribution in [0.25, 0.3) is 0 Å². The Balaban J connectivity index is 1.96. The van der Waals surface area contributed by atoms with E-state index in [1.54, 1.807) is 11.9 Å². The largest absolute Gasteiger partial charge is 0.377 e. The lowest BCUT2D eigenvalue weighted by Crippen LogP contribution is -2.58. The Hall–Kier alpha value is -1.30. The molecule has 0 spiro atoms. The molecular formula is C10H17N3O3. The molecular weight excluding hydrogens is 210 g/mol. The van der Waals surface area contributed by atoms with Gasteiger partial charge in [-0.05, 0) is 12.8 Å². The minimum Gasteiger partial charge on any atom is -0.377 e. The maximum atomic E-state index is 11.9. The molecule has 0 aromatic heterocycles. The molecule has 6 nitrogen and oxygen atoms in total. The van der Waals surface area contributed by atoms with Crippen LogP contribution in [0.1, 0.15) is 12.8 Å². The fourth-order valence-corrected chi connectivity index (χ4v) is 1.72. The molecule has 1 atom stereocenters. The van der Waals surface area contributed by atoms with E-state index in [1.165, 1.54) is 0 Å². The molecule has 1 heterocycles. The summed E-state index contributed by atoms with van der Waals surface area (Å²) in [6, 6.07) is -0.349. The standard InChI is InChI=1S/C10H17N3O3/c1-11-9(14)8-6-16-5-4-13(8)10(15)12-7-2-3-7/h7-8H,2-6H2,1H3,(H,11,14)(H,12,15). The molecule has 1 saturated heterocycles. The molecule has 6 heteroatoms. The monoisotopic (exact) mass is 227 g/mol. The molecule has 0 bridgehead atoms. The molecule has 16 heavy (non-hydrogen) atoms. The van der Waals surface area contributed by atoms with Crippen LogP contribution < -0.4 is 10.6 Å². The quantitative estimate of drug-likeness (QED) is 0.655. The highest BCUT2D eigenvalue weighted by Crippen LogP contribution is 2.19. The Morgan fingerprint density at radius 3 is 2.75 bits per heavy atom. The first-order valence-electron chi connectivity index (χ1n) is 5.59. The van der Waals surface area contributed by atoms with E-state index in [4.69, 9.17) is 4.74 Å². The lowest BCUT2D eigenvalue weighted by Gasteiger charge is -2.34. The molecule has 2 N–H and O–H groups in total. The Morgan fingerprint density at radius 2 is 2.12 bits per heavy atom. The maximum Gasteiger partial charge on any atom is 0.318 e. The molecule has 3 amide bonds. The highest BCUT2D eigenvalue weighted by molar-refractivity contribution is 5.87. The van der Waals surface area contributed by atoms with Gasteiger partial charge in [-0.25, -0.2) is 4.79 Å². The molecule has 0 aromatic carbocycles. The summed E-state index contributed by atoms with van der Waals surface area (Å²) in [4.78, 5) is 25.0. The van der Waals surface area contributed by atoms with Crippen LogP contribution in [0, 0.1) is 0 Å². The average Bonchev–Trinajstić information content (AvgIpc) is 3.12. The number of urea groups is 1. The van der Waals surface area contributed by atoms with Gasteiger partial charge in [0.05, 0.1) is 13.2 Å². The highest BCUT2D eigenvalue weighted by Gasteiger charge is 2.34. The van der Waals surface area contributed by atoms with Crippen LogP contribution in [-0.4, -0.2) is 55.7 Å². The summed E-state index contributed by atoms with van der Waals surface area (Å²) in [6.45, 7) is 1.24. The minimum absolute atomic E-state index is 0.153. The molecule has 1 aliphatic carbocycles. The third-order valence-corrected chi connectivity index (χ3v) is 2.84. The van der Waals surface area contributed by atoms with Crippen LogP contribution in [0.5, 0.6) is 0 Å². The van der Waals surface area contributed by atoms with E-state index < -0.39 is 6.04 Å². The van der Waals surface area contributed by atoms with Gasteiger partial charge in [0.25, 0.3) is 0 Å². The zero-order chi connectivity index (χ0) is 11.5. The van der Waals surface area contributed by atoms with Gasteiger partial charge in [0.1, 0.15) is 6.04 Å². The van der Waals surface area contributed by atoms with Gasteiger partial charge < -0.3 is 20.3 Å². The Kier molecular flexibility index (Phi) is 3.28. The van der Waals surface area contributed by atoms with Crippen LogP contribution >= 0.6 is 0 Å². The number of likely N-dealkylation sites (N-methyl/N-ethyl adjacent to an activating group) is 1. The average molecular weight is 227 g/mol. The lowest BCUT2D eigenvalue weighted by atomic mass is 10.2. The number of carbonyl (C=O) groups excluding carboxylic acids is 2. The van der Waals surface area contributed by atoms with Gasteiger partial charge in [-0.3, -0.25) is 4.79 Å². The fourth-order valence-electron chi connectivity index (χ4n) is 1.72. The van der Waals surface area contributed by atoms with E-state index in [0.717, 1.165) is 12.8 Å². The zero-order valence-corrected chi connectivity index (χ0v) is 9.36. The van der Waals surface area contributed by atoms with Gasteiger partial charge in [0, 0.05) is 19.6 Å². The second-order valence-electron chi connectivity index (χ2n) is 4.12. The first kappa shape index (κ1) is 11.2. The van der Waals surface area contributed by atoms with Crippen molar-refractivity contribution in [3.63, 3.8) is 0 Å². The van der Waals surface area contributed by atoms with Crippen LogP contribution in [0.4, 0.5) is 4.79 Å². The molecule has 1 aliphatic heterocycles. The van der Waals surface area contributed by atoms with Gasteiger partial charge in [-0.1, -0.05) is 0 Å². The molecule has 2 aliphatic rings. The zero-order valence-electron chi connectivity index (χ0n) is 9.36. The summed E-state index contributed by atoms with van der Waals surface area (Å²) < 4.78 is 5.22. The highest BCUT2D eigenvalue weighted by atomic mass is 16.5. The molecule has 90 valence electrons. The third-order valence-electron chi connectivity index (χ3n) is 2.84.